The van der Waals surface area contributed by atoms with Crippen LogP contribution in [-0.4, -0.2) is 20.1 Å². The zero-order valence-corrected chi connectivity index (χ0v) is 18.6. The number of nitrogens with zero attached hydrogens (tertiary/aromatic N) is 1. The third-order valence-corrected chi connectivity index (χ3v) is 6.50. The summed E-state index contributed by atoms with van der Waals surface area (Å²) in [4.78, 5) is 4.73. The summed E-state index contributed by atoms with van der Waals surface area (Å²) in [6, 6.07) is 13.1. The van der Waals surface area contributed by atoms with E-state index in [9.17, 15) is 8.42 Å². The molecular formula is C20H26IN3O2S. The van der Waals surface area contributed by atoms with Crippen LogP contribution in [0.5, 0.6) is 0 Å². The molecule has 0 bridgehead atoms. The van der Waals surface area contributed by atoms with Crippen molar-refractivity contribution in [3.63, 3.8) is 0 Å². The van der Waals surface area contributed by atoms with Crippen molar-refractivity contribution in [1.29, 1.82) is 0 Å². The molecule has 3 N–H and O–H groups in total. The fourth-order valence-corrected chi connectivity index (χ4v) is 4.11. The number of sulfone groups is 1. The van der Waals surface area contributed by atoms with E-state index in [1.54, 1.807) is 31.2 Å². The highest BCUT2D eigenvalue weighted by molar-refractivity contribution is 14.0. The Balaban J connectivity index is 0.00000261. The molecule has 0 heterocycles. The molecule has 0 aromatic heterocycles. The first kappa shape index (κ1) is 21.7. The number of aliphatic imine (C=N–C) groups is 1. The Labute approximate surface area is 178 Å². The maximum absolute atomic E-state index is 11.8. The van der Waals surface area contributed by atoms with Crippen LogP contribution in [0.1, 0.15) is 36.5 Å². The third kappa shape index (κ3) is 5.44. The zero-order valence-electron chi connectivity index (χ0n) is 15.4. The van der Waals surface area contributed by atoms with Gasteiger partial charge in [-0.3, -0.25) is 0 Å². The van der Waals surface area contributed by atoms with Gasteiger partial charge in [0.25, 0.3) is 0 Å². The van der Waals surface area contributed by atoms with E-state index in [1.807, 2.05) is 12.1 Å². The highest BCUT2D eigenvalue weighted by atomic mass is 127. The van der Waals surface area contributed by atoms with Crippen molar-refractivity contribution in [2.24, 2.45) is 10.7 Å². The van der Waals surface area contributed by atoms with Crippen molar-refractivity contribution < 1.29 is 8.42 Å². The molecule has 3 rings (SSSR count). The number of aryl methyl sites for hydroxylation is 1. The third-order valence-electron chi connectivity index (χ3n) is 4.75. The standard InChI is InChI=1S/C20H25N3O2S.HI/c1-2-26(24,25)17-12-10-15(11-13-17)14-22-20(21)23-19-9-5-7-16-6-3-4-8-18(16)19;/h5,7,9-13H,2-4,6,8,14H2,1H3,(H3,21,22,23);1H. The number of nitrogens with two attached hydrogens (primary N) is 1. The molecule has 0 saturated carbocycles. The van der Waals surface area contributed by atoms with Gasteiger partial charge in [0, 0.05) is 5.69 Å². The number of anilines is 1. The molecule has 146 valence electrons. The van der Waals surface area contributed by atoms with Crippen LogP contribution in [-0.2, 0) is 29.2 Å². The van der Waals surface area contributed by atoms with Crippen LogP contribution in [0.15, 0.2) is 52.4 Å². The minimum atomic E-state index is -3.17. The summed E-state index contributed by atoms with van der Waals surface area (Å²) >= 11 is 0. The van der Waals surface area contributed by atoms with Crippen LogP contribution in [0, 0.1) is 0 Å². The van der Waals surface area contributed by atoms with E-state index in [0.29, 0.717) is 17.4 Å². The molecule has 0 fully saturated rings. The maximum atomic E-state index is 11.8. The molecule has 0 atom stereocenters. The summed E-state index contributed by atoms with van der Waals surface area (Å²) in [5.74, 6) is 0.470. The number of hydrogen-bond donors (Lipinski definition) is 2. The van der Waals surface area contributed by atoms with Crippen LogP contribution in [0.25, 0.3) is 0 Å². The van der Waals surface area contributed by atoms with E-state index in [0.717, 1.165) is 24.1 Å². The van der Waals surface area contributed by atoms with Crippen LogP contribution in [0.2, 0.25) is 0 Å². The van der Waals surface area contributed by atoms with Crippen molar-refractivity contribution >= 4 is 45.5 Å². The van der Waals surface area contributed by atoms with Crippen LogP contribution in [0.4, 0.5) is 5.69 Å². The van der Waals surface area contributed by atoms with Gasteiger partial charge in [-0.05, 0) is 60.6 Å². The number of hydrogen-bond acceptors (Lipinski definition) is 3. The molecule has 27 heavy (non-hydrogen) atoms. The van der Waals surface area contributed by atoms with E-state index in [1.165, 1.54) is 24.0 Å². The van der Waals surface area contributed by atoms with Gasteiger partial charge < -0.3 is 11.1 Å². The Morgan fingerprint density at radius 1 is 1.11 bits per heavy atom. The predicted molar refractivity (Wildman–Crippen MR) is 122 cm³/mol. The van der Waals surface area contributed by atoms with Gasteiger partial charge in [-0.1, -0.05) is 31.2 Å². The summed E-state index contributed by atoms with van der Waals surface area (Å²) in [7, 11) is -3.17. The summed E-state index contributed by atoms with van der Waals surface area (Å²) in [5.41, 5.74) is 10.7. The molecule has 0 radical (unpaired) electrons. The quantitative estimate of drug-likeness (QED) is 0.371. The van der Waals surface area contributed by atoms with Crippen LogP contribution < -0.4 is 11.1 Å². The fourth-order valence-electron chi connectivity index (χ4n) is 3.22. The molecule has 0 unspecified atom stereocenters. The van der Waals surface area contributed by atoms with E-state index < -0.39 is 9.84 Å². The molecule has 2 aromatic carbocycles. The molecule has 7 heteroatoms. The number of nitrogens with one attached hydrogen (secondary N) is 1. The van der Waals surface area contributed by atoms with E-state index in [4.69, 9.17) is 5.73 Å². The number of halogens is 1. The van der Waals surface area contributed by atoms with Crippen molar-refractivity contribution in [2.45, 2.75) is 44.0 Å². The van der Waals surface area contributed by atoms with Gasteiger partial charge in [0.05, 0.1) is 17.2 Å². The Morgan fingerprint density at radius 3 is 2.52 bits per heavy atom. The Hall–Kier alpha value is -1.61. The Kier molecular flexibility index (Phi) is 7.67. The molecule has 0 aliphatic heterocycles. The van der Waals surface area contributed by atoms with Gasteiger partial charge in [0.1, 0.15) is 0 Å². The molecule has 0 spiro atoms. The maximum Gasteiger partial charge on any atom is 0.193 e. The van der Waals surface area contributed by atoms with Crippen molar-refractivity contribution in [3.05, 3.63) is 59.2 Å². The second kappa shape index (κ2) is 9.54. The van der Waals surface area contributed by atoms with Gasteiger partial charge in [0.2, 0.25) is 0 Å². The van der Waals surface area contributed by atoms with E-state index in [2.05, 4.69) is 16.4 Å². The number of fused-ring (bicyclic) bond motifs is 1. The average molecular weight is 499 g/mol. The Morgan fingerprint density at radius 2 is 1.81 bits per heavy atom. The van der Waals surface area contributed by atoms with Crippen molar-refractivity contribution in [3.8, 4) is 0 Å². The summed E-state index contributed by atoms with van der Waals surface area (Å²) in [6.45, 7) is 2.04. The molecule has 1 aliphatic rings. The lowest BCUT2D eigenvalue weighted by atomic mass is 9.90. The van der Waals surface area contributed by atoms with Crippen molar-refractivity contribution in [1.82, 2.24) is 0 Å². The smallest absolute Gasteiger partial charge is 0.193 e. The summed E-state index contributed by atoms with van der Waals surface area (Å²) in [5, 5.41) is 3.22. The summed E-state index contributed by atoms with van der Waals surface area (Å²) < 4.78 is 23.7. The lowest BCUT2D eigenvalue weighted by molar-refractivity contribution is 0.597. The van der Waals surface area contributed by atoms with Gasteiger partial charge in [0.15, 0.2) is 15.8 Å². The first-order valence-electron chi connectivity index (χ1n) is 8.99. The largest absolute Gasteiger partial charge is 0.370 e. The minimum absolute atomic E-state index is 0. The Bertz CT molecular complexity index is 909. The van der Waals surface area contributed by atoms with Gasteiger partial charge in [-0.2, -0.15) is 0 Å². The first-order valence-corrected chi connectivity index (χ1v) is 10.6. The molecule has 0 saturated heterocycles. The number of guanidine groups is 1. The van der Waals surface area contributed by atoms with Gasteiger partial charge in [-0.15, -0.1) is 24.0 Å². The molecule has 1 aliphatic carbocycles. The number of rotatable bonds is 5. The van der Waals surface area contributed by atoms with Gasteiger partial charge in [-0.25, -0.2) is 13.4 Å². The zero-order chi connectivity index (χ0) is 18.6. The van der Waals surface area contributed by atoms with Crippen molar-refractivity contribution in [2.75, 3.05) is 11.1 Å². The van der Waals surface area contributed by atoms with Crippen LogP contribution >= 0.6 is 24.0 Å². The number of benzene rings is 2. The second-order valence-electron chi connectivity index (χ2n) is 6.52. The van der Waals surface area contributed by atoms with E-state index in [-0.39, 0.29) is 29.7 Å². The first-order chi connectivity index (χ1) is 12.5. The monoisotopic (exact) mass is 499 g/mol. The lowest BCUT2D eigenvalue weighted by Crippen LogP contribution is -2.24. The lowest BCUT2D eigenvalue weighted by Gasteiger charge is -2.19. The average Bonchev–Trinajstić information content (AvgIpc) is 2.67. The predicted octanol–water partition coefficient (Wildman–Crippen LogP) is 3.90. The molecule has 5 nitrogen and oxygen atoms in total. The fraction of sp³-hybridized carbons (Fsp3) is 0.350. The highest BCUT2D eigenvalue weighted by Crippen LogP contribution is 2.27. The van der Waals surface area contributed by atoms with Crippen LogP contribution in [0.3, 0.4) is 0 Å². The van der Waals surface area contributed by atoms with Gasteiger partial charge >= 0.3 is 0 Å². The SMILES string of the molecule is CCS(=O)(=O)c1ccc(CN=C(N)Nc2cccc3c2CCCC3)cc1.I. The highest BCUT2D eigenvalue weighted by Gasteiger charge is 2.13. The molecule has 0 amide bonds. The summed E-state index contributed by atoms with van der Waals surface area (Å²) in [6.07, 6.45) is 4.63. The normalized spacial score (nSPS) is 14.2. The minimum Gasteiger partial charge on any atom is -0.370 e. The van der Waals surface area contributed by atoms with E-state index >= 15 is 0 Å². The molecular weight excluding hydrogens is 473 g/mol. The molecule has 2 aromatic rings. The topological polar surface area (TPSA) is 84.5 Å². The second-order valence-corrected chi connectivity index (χ2v) is 8.80.